The first-order valence-corrected chi connectivity index (χ1v) is 10.6. The van der Waals surface area contributed by atoms with Gasteiger partial charge in [0.15, 0.2) is 16.4 Å². The van der Waals surface area contributed by atoms with Crippen LogP contribution in [0.5, 0.6) is 5.75 Å². The molecule has 2 aromatic carbocycles. The van der Waals surface area contributed by atoms with Gasteiger partial charge in [-0.2, -0.15) is 0 Å². The number of nitrogens with zero attached hydrogens (tertiary/aromatic N) is 1. The van der Waals surface area contributed by atoms with Gasteiger partial charge in [0.1, 0.15) is 22.3 Å². The molecule has 156 valence electrons. The number of benzene rings is 2. The highest BCUT2D eigenvalue weighted by Gasteiger charge is 2.18. The summed E-state index contributed by atoms with van der Waals surface area (Å²) in [5, 5.41) is 7.45. The molecular formula is C20H20N4O5S. The van der Waals surface area contributed by atoms with E-state index >= 15 is 0 Å². The number of nitrogens with two attached hydrogens (primary N) is 1. The molecule has 0 amide bonds. The standard InChI is InChI=1S/C20H20N4O5S/c1-28-18(25)11-29-16-8-7-14(9-17(16)30(2,26)27)20-23-10-15(24-20)12-3-5-13(6-4-12)19(21)22/h3-10H,11H2,1-2H3,(H3,21,22)(H,23,24). The van der Waals surface area contributed by atoms with E-state index in [1.54, 1.807) is 36.5 Å². The topological polar surface area (TPSA) is 148 Å². The Morgan fingerprint density at radius 3 is 2.43 bits per heavy atom. The van der Waals surface area contributed by atoms with Crippen molar-refractivity contribution in [1.82, 2.24) is 9.97 Å². The van der Waals surface area contributed by atoms with Crippen molar-refractivity contribution in [2.45, 2.75) is 4.90 Å². The van der Waals surface area contributed by atoms with Crippen LogP contribution in [0.2, 0.25) is 0 Å². The zero-order valence-corrected chi connectivity index (χ0v) is 17.1. The Balaban J connectivity index is 1.92. The minimum atomic E-state index is -3.63. The Bertz CT molecular complexity index is 1200. The number of hydrogen-bond acceptors (Lipinski definition) is 7. The minimum Gasteiger partial charge on any atom is -0.481 e. The number of H-pyrrole nitrogens is 1. The van der Waals surface area contributed by atoms with Gasteiger partial charge in [-0.1, -0.05) is 24.3 Å². The van der Waals surface area contributed by atoms with Crippen LogP contribution in [-0.4, -0.2) is 50.2 Å². The molecular weight excluding hydrogens is 408 g/mol. The number of hydrogen-bond donors (Lipinski definition) is 3. The lowest BCUT2D eigenvalue weighted by Gasteiger charge is -2.10. The van der Waals surface area contributed by atoms with Gasteiger partial charge in [-0.3, -0.25) is 5.41 Å². The highest BCUT2D eigenvalue weighted by Crippen LogP contribution is 2.30. The Labute approximate surface area is 173 Å². The average molecular weight is 428 g/mol. The van der Waals surface area contributed by atoms with Gasteiger partial charge < -0.3 is 20.2 Å². The van der Waals surface area contributed by atoms with Crippen molar-refractivity contribution in [2.75, 3.05) is 20.0 Å². The molecule has 0 aliphatic heterocycles. The van der Waals surface area contributed by atoms with Crippen molar-refractivity contribution in [3.05, 3.63) is 54.2 Å². The molecule has 3 aromatic rings. The van der Waals surface area contributed by atoms with Crippen molar-refractivity contribution in [2.24, 2.45) is 5.73 Å². The van der Waals surface area contributed by atoms with E-state index in [2.05, 4.69) is 14.7 Å². The monoisotopic (exact) mass is 428 g/mol. The lowest BCUT2D eigenvalue weighted by molar-refractivity contribution is -0.142. The highest BCUT2D eigenvalue weighted by molar-refractivity contribution is 7.90. The van der Waals surface area contributed by atoms with Crippen molar-refractivity contribution >= 4 is 21.6 Å². The molecule has 0 saturated carbocycles. The third-order valence-corrected chi connectivity index (χ3v) is 5.38. The number of esters is 1. The van der Waals surface area contributed by atoms with Crippen molar-refractivity contribution in [3.63, 3.8) is 0 Å². The number of aromatic amines is 1. The van der Waals surface area contributed by atoms with Crippen LogP contribution >= 0.6 is 0 Å². The van der Waals surface area contributed by atoms with Gasteiger partial charge in [0.05, 0.1) is 12.8 Å². The first-order valence-electron chi connectivity index (χ1n) is 8.73. The van der Waals surface area contributed by atoms with E-state index in [4.69, 9.17) is 15.9 Å². The van der Waals surface area contributed by atoms with E-state index in [0.29, 0.717) is 22.6 Å². The molecule has 1 aromatic heterocycles. The molecule has 9 nitrogen and oxygen atoms in total. The molecule has 30 heavy (non-hydrogen) atoms. The zero-order valence-electron chi connectivity index (χ0n) is 16.3. The number of imidazole rings is 1. The van der Waals surface area contributed by atoms with Crippen molar-refractivity contribution in [3.8, 4) is 28.4 Å². The smallest absolute Gasteiger partial charge is 0.343 e. The molecule has 0 unspecified atom stereocenters. The molecule has 0 atom stereocenters. The molecule has 0 spiro atoms. The number of nitrogens with one attached hydrogen (secondary N) is 2. The maximum atomic E-state index is 12.2. The number of sulfone groups is 1. The van der Waals surface area contributed by atoms with E-state index in [0.717, 1.165) is 11.8 Å². The summed E-state index contributed by atoms with van der Waals surface area (Å²) in [4.78, 5) is 18.8. The summed E-state index contributed by atoms with van der Waals surface area (Å²) in [6.07, 6.45) is 2.75. The Hall–Kier alpha value is -3.66. The lowest BCUT2D eigenvalue weighted by atomic mass is 10.1. The third-order valence-electron chi connectivity index (χ3n) is 4.26. The molecule has 0 bridgehead atoms. The van der Waals surface area contributed by atoms with Gasteiger partial charge in [0.2, 0.25) is 0 Å². The first kappa shape index (κ1) is 21.1. The minimum absolute atomic E-state index is 0.0212. The van der Waals surface area contributed by atoms with Crippen LogP contribution in [-0.2, 0) is 19.4 Å². The van der Waals surface area contributed by atoms with Gasteiger partial charge in [0.25, 0.3) is 0 Å². The number of ether oxygens (including phenoxy) is 2. The summed E-state index contributed by atoms with van der Waals surface area (Å²) in [7, 11) is -2.41. The van der Waals surface area contributed by atoms with Crippen LogP contribution in [0.3, 0.4) is 0 Å². The maximum absolute atomic E-state index is 12.2. The second kappa shape index (κ2) is 8.37. The predicted molar refractivity (Wildman–Crippen MR) is 111 cm³/mol. The molecule has 0 saturated heterocycles. The van der Waals surface area contributed by atoms with Crippen LogP contribution in [0.4, 0.5) is 0 Å². The Kier molecular flexibility index (Phi) is 5.88. The normalized spacial score (nSPS) is 11.1. The number of methoxy groups -OCH3 is 1. The van der Waals surface area contributed by atoms with Gasteiger partial charge in [-0.05, 0) is 18.2 Å². The summed E-state index contributed by atoms with van der Waals surface area (Å²) in [6, 6.07) is 11.6. The summed E-state index contributed by atoms with van der Waals surface area (Å²) in [6.45, 7) is -0.403. The second-order valence-corrected chi connectivity index (χ2v) is 8.41. The number of carbonyl (C=O) groups excluding carboxylic acids is 1. The molecule has 0 radical (unpaired) electrons. The molecule has 0 aliphatic carbocycles. The van der Waals surface area contributed by atoms with Gasteiger partial charge in [-0.15, -0.1) is 0 Å². The molecule has 10 heteroatoms. The second-order valence-electron chi connectivity index (χ2n) is 6.42. The van der Waals surface area contributed by atoms with Crippen LogP contribution < -0.4 is 10.5 Å². The van der Waals surface area contributed by atoms with Crippen LogP contribution in [0, 0.1) is 5.41 Å². The molecule has 3 rings (SSSR count). The fourth-order valence-corrected chi connectivity index (χ4v) is 3.53. The quantitative estimate of drug-likeness (QED) is 0.296. The third kappa shape index (κ3) is 4.66. The van der Waals surface area contributed by atoms with E-state index in [1.807, 2.05) is 0 Å². The maximum Gasteiger partial charge on any atom is 0.343 e. The average Bonchev–Trinajstić information content (AvgIpc) is 3.21. The van der Waals surface area contributed by atoms with Crippen LogP contribution in [0.25, 0.3) is 22.6 Å². The predicted octanol–water partition coefficient (Wildman–Crippen LogP) is 1.98. The number of carbonyl (C=O) groups is 1. The summed E-state index contributed by atoms with van der Waals surface area (Å²) in [5.74, 6) is -0.125. The fourth-order valence-electron chi connectivity index (χ4n) is 2.70. The number of aromatic nitrogens is 2. The van der Waals surface area contributed by atoms with Gasteiger partial charge >= 0.3 is 5.97 Å². The van der Waals surface area contributed by atoms with Crippen molar-refractivity contribution < 1.29 is 22.7 Å². The lowest BCUT2D eigenvalue weighted by Crippen LogP contribution is -2.14. The van der Waals surface area contributed by atoms with Gasteiger partial charge in [0, 0.05) is 29.1 Å². The summed E-state index contributed by atoms with van der Waals surface area (Å²) >= 11 is 0. The molecule has 0 fully saturated rings. The van der Waals surface area contributed by atoms with Crippen LogP contribution in [0.15, 0.2) is 53.6 Å². The molecule has 1 heterocycles. The summed E-state index contributed by atoms with van der Waals surface area (Å²) < 4.78 is 34.2. The van der Waals surface area contributed by atoms with Crippen LogP contribution in [0.1, 0.15) is 5.56 Å². The SMILES string of the molecule is COC(=O)COc1ccc(-c2nc(-c3ccc(C(=N)N)cc3)c[nH]2)cc1S(C)(=O)=O. The molecule has 0 aliphatic rings. The Morgan fingerprint density at radius 1 is 1.17 bits per heavy atom. The van der Waals surface area contributed by atoms with Crippen molar-refractivity contribution in [1.29, 1.82) is 5.41 Å². The van der Waals surface area contributed by atoms with E-state index < -0.39 is 22.4 Å². The number of rotatable bonds is 7. The zero-order chi connectivity index (χ0) is 21.9. The first-order chi connectivity index (χ1) is 14.2. The fraction of sp³-hybridized carbons (Fsp3) is 0.150. The Morgan fingerprint density at radius 2 is 1.83 bits per heavy atom. The highest BCUT2D eigenvalue weighted by atomic mass is 32.2. The van der Waals surface area contributed by atoms with E-state index in [-0.39, 0.29) is 16.5 Å². The van der Waals surface area contributed by atoms with E-state index in [1.165, 1.54) is 19.2 Å². The number of amidine groups is 1. The van der Waals surface area contributed by atoms with E-state index in [9.17, 15) is 13.2 Å². The largest absolute Gasteiger partial charge is 0.481 e. The molecule has 4 N–H and O–H groups in total. The number of nitrogen functional groups attached to an aromatic ring is 1. The van der Waals surface area contributed by atoms with Gasteiger partial charge in [-0.25, -0.2) is 18.2 Å². The summed E-state index contributed by atoms with van der Waals surface area (Å²) in [5.41, 5.74) is 8.06.